The second-order valence-electron chi connectivity index (χ2n) is 3.39. The summed E-state index contributed by atoms with van der Waals surface area (Å²) < 4.78 is 5.20. The molecule has 1 aromatic heterocycles. The average molecular weight is 199 g/mol. The number of benzene rings is 1. The second-order valence-corrected chi connectivity index (χ2v) is 3.39. The molecule has 15 heavy (non-hydrogen) atoms. The van der Waals surface area contributed by atoms with E-state index in [0.717, 1.165) is 16.8 Å². The molecular formula is C13H13NO. The number of ether oxygens (including phenoxy) is 1. The summed E-state index contributed by atoms with van der Waals surface area (Å²) in [5.41, 5.74) is 3.10. The first-order chi connectivity index (χ1) is 7.31. The van der Waals surface area contributed by atoms with Gasteiger partial charge in [-0.2, -0.15) is 0 Å². The van der Waals surface area contributed by atoms with E-state index in [2.05, 4.69) is 4.98 Å². The Kier molecular flexibility index (Phi) is 2.68. The molecule has 1 aromatic carbocycles. The zero-order valence-corrected chi connectivity index (χ0v) is 8.90. The molecule has 0 fully saturated rings. The van der Waals surface area contributed by atoms with E-state index in [-0.39, 0.29) is 0 Å². The highest BCUT2D eigenvalue weighted by Gasteiger charge is 2.03. The molecule has 0 saturated carbocycles. The zero-order chi connectivity index (χ0) is 10.7. The van der Waals surface area contributed by atoms with Crippen LogP contribution in [0.4, 0.5) is 0 Å². The highest BCUT2D eigenvalue weighted by molar-refractivity contribution is 5.59. The summed E-state index contributed by atoms with van der Waals surface area (Å²) in [6.45, 7) is 1.99. The van der Waals surface area contributed by atoms with Crippen LogP contribution in [0.25, 0.3) is 11.3 Å². The molecule has 0 radical (unpaired) electrons. The predicted octanol–water partition coefficient (Wildman–Crippen LogP) is 3.07. The third-order valence-electron chi connectivity index (χ3n) is 2.31. The fourth-order valence-electron chi connectivity index (χ4n) is 1.49. The Labute approximate surface area is 89.6 Å². The molecule has 0 atom stereocenters. The van der Waals surface area contributed by atoms with Crippen molar-refractivity contribution in [2.45, 2.75) is 6.92 Å². The molecule has 0 aliphatic rings. The zero-order valence-electron chi connectivity index (χ0n) is 8.90. The smallest absolute Gasteiger partial charge is 0.216 e. The monoisotopic (exact) mass is 199 g/mol. The molecule has 1 heterocycles. The lowest BCUT2D eigenvalue weighted by atomic mass is 10.1. The number of nitrogens with zero attached hydrogens (tertiary/aromatic N) is 1. The molecule has 0 bridgehead atoms. The lowest BCUT2D eigenvalue weighted by Crippen LogP contribution is -1.92. The summed E-state index contributed by atoms with van der Waals surface area (Å²) >= 11 is 0. The van der Waals surface area contributed by atoms with Crippen LogP contribution in [0.5, 0.6) is 5.88 Å². The van der Waals surface area contributed by atoms with E-state index in [1.807, 2.05) is 49.4 Å². The maximum atomic E-state index is 5.20. The second kappa shape index (κ2) is 4.13. The van der Waals surface area contributed by atoms with Crippen molar-refractivity contribution in [1.82, 2.24) is 4.98 Å². The Morgan fingerprint density at radius 3 is 2.40 bits per heavy atom. The Hall–Kier alpha value is -1.83. The number of methoxy groups -OCH3 is 1. The molecular weight excluding hydrogens is 186 g/mol. The van der Waals surface area contributed by atoms with Gasteiger partial charge in [-0.3, -0.25) is 0 Å². The molecule has 2 aromatic rings. The topological polar surface area (TPSA) is 22.1 Å². The number of rotatable bonds is 2. The summed E-state index contributed by atoms with van der Waals surface area (Å²) in [6.07, 6.45) is 0. The van der Waals surface area contributed by atoms with E-state index in [9.17, 15) is 0 Å². The van der Waals surface area contributed by atoms with Gasteiger partial charge >= 0.3 is 0 Å². The van der Waals surface area contributed by atoms with Crippen LogP contribution < -0.4 is 4.74 Å². The molecule has 76 valence electrons. The molecule has 0 aliphatic carbocycles. The number of hydrogen-bond donors (Lipinski definition) is 0. The number of aromatic nitrogens is 1. The predicted molar refractivity (Wildman–Crippen MR) is 61.0 cm³/mol. The van der Waals surface area contributed by atoms with Crippen molar-refractivity contribution in [1.29, 1.82) is 0 Å². The largest absolute Gasteiger partial charge is 0.481 e. The number of aryl methyl sites for hydroxylation is 1. The van der Waals surface area contributed by atoms with Crippen molar-refractivity contribution >= 4 is 0 Å². The molecule has 0 aliphatic heterocycles. The van der Waals surface area contributed by atoms with Crippen molar-refractivity contribution < 1.29 is 4.74 Å². The molecule has 0 amide bonds. The highest BCUT2D eigenvalue weighted by atomic mass is 16.5. The maximum Gasteiger partial charge on any atom is 0.216 e. The van der Waals surface area contributed by atoms with Gasteiger partial charge in [0, 0.05) is 11.1 Å². The maximum absolute atomic E-state index is 5.20. The summed E-state index contributed by atoms with van der Waals surface area (Å²) in [5.74, 6) is 0.691. The fourth-order valence-corrected chi connectivity index (χ4v) is 1.49. The Balaban J connectivity index is 2.46. The number of hydrogen-bond acceptors (Lipinski definition) is 2. The Bertz CT molecular complexity index is 451. The normalized spacial score (nSPS) is 10.0. The van der Waals surface area contributed by atoms with Gasteiger partial charge in [0.2, 0.25) is 5.88 Å². The van der Waals surface area contributed by atoms with E-state index < -0.39 is 0 Å². The van der Waals surface area contributed by atoms with Crippen molar-refractivity contribution in [3.05, 3.63) is 48.0 Å². The third-order valence-corrected chi connectivity index (χ3v) is 2.31. The van der Waals surface area contributed by atoms with E-state index in [4.69, 9.17) is 4.74 Å². The summed E-state index contributed by atoms with van der Waals surface area (Å²) in [6, 6.07) is 14.1. The number of pyridine rings is 1. The van der Waals surface area contributed by atoms with Crippen molar-refractivity contribution in [3.63, 3.8) is 0 Å². The summed E-state index contributed by atoms with van der Waals surface area (Å²) in [7, 11) is 1.64. The minimum Gasteiger partial charge on any atom is -0.481 e. The van der Waals surface area contributed by atoms with Gasteiger partial charge < -0.3 is 4.74 Å². The first-order valence-electron chi connectivity index (χ1n) is 4.88. The van der Waals surface area contributed by atoms with Crippen LogP contribution in [0.2, 0.25) is 0 Å². The average Bonchev–Trinajstić information content (AvgIpc) is 2.31. The van der Waals surface area contributed by atoms with Crippen LogP contribution in [0, 0.1) is 6.92 Å². The Morgan fingerprint density at radius 2 is 1.73 bits per heavy atom. The summed E-state index contributed by atoms with van der Waals surface area (Å²) in [4.78, 5) is 4.44. The van der Waals surface area contributed by atoms with Gasteiger partial charge in [-0.05, 0) is 13.0 Å². The molecule has 0 saturated heterocycles. The quantitative estimate of drug-likeness (QED) is 0.741. The van der Waals surface area contributed by atoms with Gasteiger partial charge in [-0.1, -0.05) is 36.4 Å². The van der Waals surface area contributed by atoms with E-state index in [0.29, 0.717) is 5.88 Å². The van der Waals surface area contributed by atoms with Crippen LogP contribution in [0.3, 0.4) is 0 Å². The van der Waals surface area contributed by atoms with Crippen LogP contribution in [0.15, 0.2) is 42.5 Å². The minimum absolute atomic E-state index is 0.691. The molecule has 0 unspecified atom stereocenters. The van der Waals surface area contributed by atoms with Gasteiger partial charge in [0.25, 0.3) is 0 Å². The van der Waals surface area contributed by atoms with Crippen LogP contribution in [0.1, 0.15) is 5.56 Å². The fraction of sp³-hybridized carbons (Fsp3) is 0.154. The van der Waals surface area contributed by atoms with Crippen LogP contribution >= 0.6 is 0 Å². The van der Waals surface area contributed by atoms with Crippen LogP contribution in [-0.2, 0) is 0 Å². The standard InChI is InChI=1S/C13H13NO/c1-10-8-9-12(14-13(10)15-2)11-6-4-3-5-7-11/h3-9H,1-2H3. The first-order valence-corrected chi connectivity index (χ1v) is 4.88. The van der Waals surface area contributed by atoms with Gasteiger partial charge in [0.1, 0.15) is 0 Å². The van der Waals surface area contributed by atoms with Gasteiger partial charge in [-0.25, -0.2) is 4.98 Å². The van der Waals surface area contributed by atoms with Gasteiger partial charge in [0.15, 0.2) is 0 Å². The molecule has 0 spiro atoms. The van der Waals surface area contributed by atoms with E-state index in [1.54, 1.807) is 7.11 Å². The third kappa shape index (κ3) is 1.99. The molecule has 2 rings (SSSR count). The van der Waals surface area contributed by atoms with Crippen molar-refractivity contribution in [2.75, 3.05) is 7.11 Å². The lowest BCUT2D eigenvalue weighted by molar-refractivity contribution is 0.395. The van der Waals surface area contributed by atoms with E-state index in [1.165, 1.54) is 0 Å². The highest BCUT2D eigenvalue weighted by Crippen LogP contribution is 2.21. The summed E-state index contributed by atoms with van der Waals surface area (Å²) in [5, 5.41) is 0. The molecule has 2 heteroatoms. The van der Waals surface area contributed by atoms with E-state index >= 15 is 0 Å². The van der Waals surface area contributed by atoms with Crippen molar-refractivity contribution in [3.8, 4) is 17.1 Å². The molecule has 2 nitrogen and oxygen atoms in total. The SMILES string of the molecule is COc1nc(-c2ccccc2)ccc1C. The lowest BCUT2D eigenvalue weighted by Gasteiger charge is -2.06. The van der Waals surface area contributed by atoms with Gasteiger partial charge in [0.05, 0.1) is 12.8 Å². The molecule has 0 N–H and O–H groups in total. The van der Waals surface area contributed by atoms with Crippen molar-refractivity contribution in [2.24, 2.45) is 0 Å². The minimum atomic E-state index is 0.691. The van der Waals surface area contributed by atoms with Crippen LogP contribution in [-0.4, -0.2) is 12.1 Å². The van der Waals surface area contributed by atoms with Gasteiger partial charge in [-0.15, -0.1) is 0 Å². The Morgan fingerprint density at radius 1 is 1.00 bits per heavy atom. The first kappa shape index (κ1) is 9.71.